The largest absolute Gasteiger partial charge is 0.484 e. The Morgan fingerprint density at radius 1 is 1.07 bits per heavy atom. The number of amides is 2. The smallest absolute Gasteiger partial charge is 0.413 e. The minimum Gasteiger partial charge on any atom is -0.484 e. The van der Waals surface area contributed by atoms with Gasteiger partial charge >= 0.3 is 6.09 Å². The number of carbonyl (C=O) groups excluding carboxylic acids is 2. The molecule has 0 aliphatic heterocycles. The Morgan fingerprint density at radius 3 is 2.46 bits per heavy atom. The van der Waals surface area contributed by atoms with Crippen molar-refractivity contribution in [3.05, 3.63) is 60.4 Å². The summed E-state index contributed by atoms with van der Waals surface area (Å²) in [4.78, 5) is 28.1. The number of ether oxygens (including phenoxy) is 2. The van der Waals surface area contributed by atoms with E-state index < -0.39 is 12.0 Å². The minimum atomic E-state index is -0.661. The van der Waals surface area contributed by atoms with Crippen LogP contribution < -0.4 is 15.4 Å². The number of carbonyl (C=O) groups is 2. The molecule has 0 saturated heterocycles. The number of nitrogens with zero attached hydrogens (tertiary/aromatic N) is 1. The summed E-state index contributed by atoms with van der Waals surface area (Å²) in [6, 6.07) is 14.6. The van der Waals surface area contributed by atoms with Crippen LogP contribution >= 0.6 is 11.3 Å². The highest BCUT2D eigenvalue weighted by Crippen LogP contribution is 2.35. The summed E-state index contributed by atoms with van der Waals surface area (Å²) in [6.45, 7) is -0.266. The molecule has 0 bridgehead atoms. The molecule has 144 valence electrons. The van der Waals surface area contributed by atoms with Crippen molar-refractivity contribution in [3.8, 4) is 17.0 Å². The lowest BCUT2D eigenvalue weighted by atomic mass is 10.2. The lowest BCUT2D eigenvalue weighted by Gasteiger charge is -2.07. The van der Waals surface area contributed by atoms with Crippen molar-refractivity contribution in [1.82, 2.24) is 4.98 Å². The van der Waals surface area contributed by atoms with Gasteiger partial charge in [-0.1, -0.05) is 41.7 Å². The van der Waals surface area contributed by atoms with Crippen LogP contribution in [0, 0.1) is 5.82 Å². The number of nitrogens with one attached hydrogen (secondary N) is 2. The van der Waals surface area contributed by atoms with Crippen molar-refractivity contribution in [3.63, 3.8) is 0 Å². The van der Waals surface area contributed by atoms with E-state index in [1.807, 2.05) is 30.3 Å². The van der Waals surface area contributed by atoms with Gasteiger partial charge in [0.15, 0.2) is 11.7 Å². The maximum absolute atomic E-state index is 12.9. The molecule has 0 aliphatic rings. The number of methoxy groups -OCH3 is 1. The van der Waals surface area contributed by atoms with Crippen molar-refractivity contribution < 1.29 is 23.5 Å². The van der Waals surface area contributed by atoms with Crippen molar-refractivity contribution in [2.45, 2.75) is 0 Å². The Morgan fingerprint density at radius 2 is 1.79 bits per heavy atom. The molecule has 2 aromatic carbocycles. The Balaban J connectivity index is 1.74. The molecule has 1 heterocycles. The van der Waals surface area contributed by atoms with Crippen LogP contribution in [0.1, 0.15) is 0 Å². The molecule has 0 saturated carbocycles. The van der Waals surface area contributed by atoms with Crippen LogP contribution in [-0.2, 0) is 9.53 Å². The van der Waals surface area contributed by atoms with E-state index in [-0.39, 0.29) is 17.6 Å². The van der Waals surface area contributed by atoms with Crippen LogP contribution in [0.25, 0.3) is 11.3 Å². The zero-order valence-corrected chi connectivity index (χ0v) is 15.6. The lowest BCUT2D eigenvalue weighted by Crippen LogP contribution is -2.19. The second-order valence-electron chi connectivity index (χ2n) is 5.47. The Kier molecular flexibility index (Phi) is 6.18. The summed E-state index contributed by atoms with van der Waals surface area (Å²) < 4.78 is 22.8. The highest BCUT2D eigenvalue weighted by atomic mass is 32.1. The fraction of sp³-hybridized carbons (Fsp3) is 0.105. The summed E-state index contributed by atoms with van der Waals surface area (Å²) in [5.41, 5.74) is 1.28. The van der Waals surface area contributed by atoms with Gasteiger partial charge in [-0.05, 0) is 24.3 Å². The molecule has 3 aromatic rings. The van der Waals surface area contributed by atoms with Gasteiger partial charge in [-0.2, -0.15) is 0 Å². The third kappa shape index (κ3) is 5.04. The molecule has 0 fully saturated rings. The van der Waals surface area contributed by atoms with Crippen LogP contribution in [0.4, 0.5) is 19.3 Å². The Bertz CT molecular complexity index is 961. The van der Waals surface area contributed by atoms with Crippen LogP contribution in [-0.4, -0.2) is 30.7 Å². The molecule has 9 heteroatoms. The van der Waals surface area contributed by atoms with Gasteiger partial charge in [0.05, 0.1) is 7.11 Å². The van der Waals surface area contributed by atoms with Gasteiger partial charge < -0.3 is 14.8 Å². The number of anilines is 2. The topological polar surface area (TPSA) is 89.5 Å². The predicted molar refractivity (Wildman–Crippen MR) is 104 cm³/mol. The van der Waals surface area contributed by atoms with Gasteiger partial charge in [0, 0.05) is 5.56 Å². The third-order valence-electron chi connectivity index (χ3n) is 3.51. The summed E-state index contributed by atoms with van der Waals surface area (Å²) in [6.07, 6.45) is -0.661. The molecule has 0 atom stereocenters. The monoisotopic (exact) mass is 401 g/mol. The molecule has 0 radical (unpaired) electrons. The molecule has 7 nitrogen and oxygen atoms in total. The highest BCUT2D eigenvalue weighted by molar-refractivity contribution is 7.20. The van der Waals surface area contributed by atoms with E-state index >= 15 is 0 Å². The predicted octanol–water partition coefficient (Wildman–Crippen LogP) is 4.15. The molecule has 3 rings (SSSR count). The van der Waals surface area contributed by atoms with Gasteiger partial charge in [0.1, 0.15) is 22.3 Å². The summed E-state index contributed by atoms with van der Waals surface area (Å²) in [5.74, 6) is -0.438. The maximum atomic E-state index is 12.9. The molecular formula is C19H16FN3O4S. The zero-order chi connectivity index (χ0) is 19.9. The molecule has 28 heavy (non-hydrogen) atoms. The van der Waals surface area contributed by atoms with Gasteiger partial charge in [-0.15, -0.1) is 0 Å². The second kappa shape index (κ2) is 8.96. The first kappa shape index (κ1) is 19.3. The summed E-state index contributed by atoms with van der Waals surface area (Å²) in [7, 11) is 1.25. The number of benzene rings is 2. The second-order valence-corrected chi connectivity index (χ2v) is 6.47. The van der Waals surface area contributed by atoms with E-state index in [1.165, 1.54) is 31.4 Å². The number of hydrogen-bond donors (Lipinski definition) is 2. The highest BCUT2D eigenvalue weighted by Gasteiger charge is 2.17. The minimum absolute atomic E-state index is 0.266. The Labute approximate surface area is 164 Å². The van der Waals surface area contributed by atoms with Crippen molar-refractivity contribution >= 4 is 33.5 Å². The molecule has 2 amide bonds. The number of halogens is 1. The van der Waals surface area contributed by atoms with Crippen molar-refractivity contribution in [1.29, 1.82) is 0 Å². The van der Waals surface area contributed by atoms with E-state index in [0.717, 1.165) is 16.9 Å². The van der Waals surface area contributed by atoms with E-state index in [2.05, 4.69) is 20.4 Å². The molecule has 2 N–H and O–H groups in total. The molecule has 0 aliphatic carbocycles. The average Bonchev–Trinajstić information content (AvgIpc) is 3.10. The van der Waals surface area contributed by atoms with Crippen LogP contribution in [0.15, 0.2) is 54.6 Å². The van der Waals surface area contributed by atoms with Gasteiger partial charge in [-0.25, -0.2) is 14.2 Å². The first-order chi connectivity index (χ1) is 13.5. The zero-order valence-electron chi connectivity index (χ0n) is 14.8. The standard InChI is InChI=1S/C19H16FN3O4S/c1-26-19(25)23-18-22-16(12-5-3-2-4-6-12)17(28-18)21-15(24)11-27-14-9-7-13(20)8-10-14/h2-10H,11H2,1H3,(H,21,24)(H,22,23,25). The number of rotatable bonds is 6. The lowest BCUT2D eigenvalue weighted by molar-refractivity contribution is -0.118. The van der Waals surface area contributed by atoms with E-state index in [1.54, 1.807) is 0 Å². The number of aromatic nitrogens is 1. The van der Waals surface area contributed by atoms with Crippen LogP contribution in [0.5, 0.6) is 5.75 Å². The maximum Gasteiger partial charge on any atom is 0.413 e. The SMILES string of the molecule is COC(=O)Nc1nc(-c2ccccc2)c(NC(=O)COc2ccc(F)cc2)s1. The van der Waals surface area contributed by atoms with Gasteiger partial charge in [-0.3, -0.25) is 10.1 Å². The fourth-order valence-corrected chi connectivity index (χ4v) is 3.12. The van der Waals surface area contributed by atoms with Crippen molar-refractivity contribution in [2.24, 2.45) is 0 Å². The third-order valence-corrected chi connectivity index (χ3v) is 4.39. The van der Waals surface area contributed by atoms with E-state index in [4.69, 9.17) is 4.74 Å². The van der Waals surface area contributed by atoms with Crippen LogP contribution in [0.2, 0.25) is 0 Å². The van der Waals surface area contributed by atoms with Gasteiger partial charge in [0.2, 0.25) is 0 Å². The number of thiazole rings is 1. The molecule has 1 aromatic heterocycles. The molecule has 0 unspecified atom stereocenters. The summed E-state index contributed by atoms with van der Waals surface area (Å²) in [5, 5.41) is 5.94. The van der Waals surface area contributed by atoms with Crippen LogP contribution in [0.3, 0.4) is 0 Å². The van der Waals surface area contributed by atoms with Gasteiger partial charge in [0.25, 0.3) is 5.91 Å². The Hall–Kier alpha value is -3.46. The van der Waals surface area contributed by atoms with E-state index in [9.17, 15) is 14.0 Å². The molecular weight excluding hydrogens is 385 g/mol. The normalized spacial score (nSPS) is 10.2. The number of hydrogen-bond acceptors (Lipinski definition) is 6. The molecule has 0 spiro atoms. The summed E-state index contributed by atoms with van der Waals surface area (Å²) >= 11 is 1.09. The van der Waals surface area contributed by atoms with E-state index in [0.29, 0.717) is 16.4 Å². The average molecular weight is 401 g/mol. The first-order valence-electron chi connectivity index (χ1n) is 8.14. The first-order valence-corrected chi connectivity index (χ1v) is 8.96. The quantitative estimate of drug-likeness (QED) is 0.648. The fourth-order valence-electron chi connectivity index (χ4n) is 2.23. The van der Waals surface area contributed by atoms with Crippen molar-refractivity contribution in [2.75, 3.05) is 24.4 Å².